The normalized spacial score (nSPS) is 22.1. The van der Waals surface area contributed by atoms with Crippen molar-refractivity contribution in [1.82, 2.24) is 9.55 Å². The van der Waals surface area contributed by atoms with E-state index in [1.54, 1.807) is 0 Å². The third-order valence-corrected chi connectivity index (χ3v) is 4.16. The van der Waals surface area contributed by atoms with Crippen molar-refractivity contribution in [2.75, 3.05) is 11.9 Å². The molecule has 0 bridgehead atoms. The van der Waals surface area contributed by atoms with E-state index in [0.717, 1.165) is 44.8 Å². The minimum atomic E-state index is 0.0474. The van der Waals surface area contributed by atoms with Gasteiger partial charge in [-0.15, -0.1) is 6.58 Å². The molecule has 1 aliphatic rings. The first-order valence-corrected chi connectivity index (χ1v) is 7.25. The van der Waals surface area contributed by atoms with Crippen LogP contribution in [0.15, 0.2) is 25.0 Å². The van der Waals surface area contributed by atoms with E-state index in [9.17, 15) is 0 Å². The van der Waals surface area contributed by atoms with Crippen LogP contribution in [-0.4, -0.2) is 27.8 Å². The standard InChI is InChI=1S/C15H25N3O/c1-4-9-18-10-8-16-14(18)17-13-7-11-19-15(5-2,6-3)12-13/h4,8,10,13H,1,5-7,9,11-12H2,2-3H3,(H,16,17). The molecular formula is C15H25N3O. The Labute approximate surface area is 115 Å². The Hall–Kier alpha value is -1.29. The molecule has 1 N–H and O–H groups in total. The average Bonchev–Trinajstić information content (AvgIpc) is 2.87. The van der Waals surface area contributed by atoms with Gasteiger partial charge in [0, 0.05) is 31.6 Å². The largest absolute Gasteiger partial charge is 0.375 e. The van der Waals surface area contributed by atoms with Crippen molar-refractivity contribution in [1.29, 1.82) is 0 Å². The van der Waals surface area contributed by atoms with Crippen molar-refractivity contribution in [3.63, 3.8) is 0 Å². The highest BCUT2D eigenvalue weighted by molar-refractivity contribution is 5.28. The molecule has 19 heavy (non-hydrogen) atoms. The van der Waals surface area contributed by atoms with Crippen LogP contribution in [0.3, 0.4) is 0 Å². The number of rotatable bonds is 6. The van der Waals surface area contributed by atoms with Gasteiger partial charge in [-0.2, -0.15) is 0 Å². The zero-order chi connectivity index (χ0) is 13.7. The van der Waals surface area contributed by atoms with E-state index in [0.29, 0.717) is 6.04 Å². The summed E-state index contributed by atoms with van der Waals surface area (Å²) in [6, 6.07) is 0.444. The van der Waals surface area contributed by atoms with Crippen LogP contribution in [0.25, 0.3) is 0 Å². The van der Waals surface area contributed by atoms with E-state index < -0.39 is 0 Å². The Balaban J connectivity index is 2.02. The van der Waals surface area contributed by atoms with Crippen molar-refractivity contribution in [3.8, 4) is 0 Å². The Morgan fingerprint density at radius 1 is 1.58 bits per heavy atom. The maximum absolute atomic E-state index is 6.01. The first kappa shape index (κ1) is 14.1. The second kappa shape index (κ2) is 6.24. The van der Waals surface area contributed by atoms with Crippen molar-refractivity contribution < 1.29 is 4.74 Å². The van der Waals surface area contributed by atoms with E-state index in [1.807, 2.05) is 18.5 Å². The molecule has 2 heterocycles. The number of anilines is 1. The number of allylic oxidation sites excluding steroid dienone is 1. The van der Waals surface area contributed by atoms with Crippen molar-refractivity contribution in [2.24, 2.45) is 0 Å². The molecule has 0 saturated carbocycles. The first-order chi connectivity index (χ1) is 9.23. The minimum absolute atomic E-state index is 0.0474. The van der Waals surface area contributed by atoms with E-state index >= 15 is 0 Å². The molecule has 1 saturated heterocycles. The molecule has 2 rings (SSSR count). The number of aromatic nitrogens is 2. The summed E-state index contributed by atoms with van der Waals surface area (Å²) in [5.41, 5.74) is 0.0474. The van der Waals surface area contributed by atoms with Gasteiger partial charge in [-0.25, -0.2) is 4.98 Å². The second-order valence-electron chi connectivity index (χ2n) is 5.26. The Kier molecular flexibility index (Phi) is 4.64. The van der Waals surface area contributed by atoms with Gasteiger partial charge in [0.25, 0.3) is 0 Å². The molecule has 1 aliphatic heterocycles. The maximum Gasteiger partial charge on any atom is 0.203 e. The van der Waals surface area contributed by atoms with Gasteiger partial charge in [0.1, 0.15) is 0 Å². The average molecular weight is 263 g/mol. The van der Waals surface area contributed by atoms with Crippen LogP contribution >= 0.6 is 0 Å². The first-order valence-electron chi connectivity index (χ1n) is 7.25. The third kappa shape index (κ3) is 3.18. The SMILES string of the molecule is C=CCn1ccnc1NC1CCOC(CC)(CC)C1. The fraction of sp³-hybridized carbons (Fsp3) is 0.667. The summed E-state index contributed by atoms with van der Waals surface area (Å²) in [6.07, 6.45) is 9.95. The number of nitrogens with one attached hydrogen (secondary N) is 1. The highest BCUT2D eigenvalue weighted by Crippen LogP contribution is 2.32. The molecule has 1 unspecified atom stereocenters. The molecule has 1 aromatic heterocycles. The monoisotopic (exact) mass is 263 g/mol. The molecule has 0 radical (unpaired) electrons. The lowest BCUT2D eigenvalue weighted by Gasteiger charge is -2.40. The zero-order valence-electron chi connectivity index (χ0n) is 12.1. The molecule has 1 fully saturated rings. The van der Waals surface area contributed by atoms with Gasteiger partial charge in [-0.1, -0.05) is 19.9 Å². The van der Waals surface area contributed by atoms with Crippen LogP contribution in [0, 0.1) is 0 Å². The summed E-state index contributed by atoms with van der Waals surface area (Å²) in [7, 11) is 0. The predicted octanol–water partition coefficient (Wildman–Crippen LogP) is 3.22. The summed E-state index contributed by atoms with van der Waals surface area (Å²) in [4.78, 5) is 4.39. The zero-order valence-corrected chi connectivity index (χ0v) is 12.1. The Morgan fingerprint density at radius 3 is 3.05 bits per heavy atom. The quantitative estimate of drug-likeness (QED) is 0.801. The molecule has 0 aromatic carbocycles. The van der Waals surface area contributed by atoms with Crippen LogP contribution < -0.4 is 5.32 Å². The fourth-order valence-electron chi connectivity index (χ4n) is 2.81. The van der Waals surface area contributed by atoms with Gasteiger partial charge in [0.2, 0.25) is 5.95 Å². The van der Waals surface area contributed by atoms with Gasteiger partial charge in [-0.05, 0) is 25.7 Å². The Morgan fingerprint density at radius 2 is 2.37 bits per heavy atom. The molecule has 1 atom stereocenters. The summed E-state index contributed by atoms with van der Waals surface area (Å²) in [5, 5.41) is 3.56. The summed E-state index contributed by atoms with van der Waals surface area (Å²) in [6.45, 7) is 9.83. The summed E-state index contributed by atoms with van der Waals surface area (Å²) < 4.78 is 8.09. The lowest BCUT2D eigenvalue weighted by molar-refractivity contribution is -0.0865. The molecule has 4 heteroatoms. The van der Waals surface area contributed by atoms with Gasteiger partial charge < -0.3 is 14.6 Å². The van der Waals surface area contributed by atoms with Crippen molar-refractivity contribution >= 4 is 5.95 Å². The highest BCUT2D eigenvalue weighted by Gasteiger charge is 2.34. The van der Waals surface area contributed by atoms with Crippen molar-refractivity contribution in [2.45, 2.75) is 57.7 Å². The van der Waals surface area contributed by atoms with E-state index in [-0.39, 0.29) is 5.60 Å². The molecule has 4 nitrogen and oxygen atoms in total. The van der Waals surface area contributed by atoms with Crippen LogP contribution in [0.4, 0.5) is 5.95 Å². The second-order valence-corrected chi connectivity index (χ2v) is 5.26. The Bertz CT molecular complexity index is 409. The van der Waals surface area contributed by atoms with Gasteiger partial charge in [0.15, 0.2) is 0 Å². The molecule has 0 spiro atoms. The van der Waals surface area contributed by atoms with Crippen LogP contribution in [0.5, 0.6) is 0 Å². The third-order valence-electron chi connectivity index (χ3n) is 4.16. The molecule has 0 amide bonds. The highest BCUT2D eigenvalue weighted by atomic mass is 16.5. The number of nitrogens with zero attached hydrogens (tertiary/aromatic N) is 2. The van der Waals surface area contributed by atoms with Crippen LogP contribution in [0.1, 0.15) is 39.5 Å². The topological polar surface area (TPSA) is 39.1 Å². The molecule has 1 aromatic rings. The maximum atomic E-state index is 6.01. The molecule has 106 valence electrons. The van der Waals surface area contributed by atoms with Crippen molar-refractivity contribution in [3.05, 3.63) is 25.0 Å². The fourth-order valence-corrected chi connectivity index (χ4v) is 2.81. The summed E-state index contributed by atoms with van der Waals surface area (Å²) >= 11 is 0. The van der Waals surface area contributed by atoms with Crippen LogP contribution in [0.2, 0.25) is 0 Å². The lowest BCUT2D eigenvalue weighted by atomic mass is 9.86. The molecule has 0 aliphatic carbocycles. The van der Waals surface area contributed by atoms with Crippen LogP contribution in [-0.2, 0) is 11.3 Å². The van der Waals surface area contributed by atoms with Gasteiger partial charge in [0.05, 0.1) is 5.60 Å². The van der Waals surface area contributed by atoms with Gasteiger partial charge in [-0.3, -0.25) is 0 Å². The predicted molar refractivity (Wildman–Crippen MR) is 78.3 cm³/mol. The summed E-state index contributed by atoms with van der Waals surface area (Å²) in [5.74, 6) is 0.938. The van der Waals surface area contributed by atoms with E-state index in [1.165, 1.54) is 0 Å². The van der Waals surface area contributed by atoms with Gasteiger partial charge >= 0.3 is 0 Å². The smallest absolute Gasteiger partial charge is 0.203 e. The number of hydrogen-bond acceptors (Lipinski definition) is 3. The van der Waals surface area contributed by atoms with E-state index in [2.05, 4.69) is 35.3 Å². The lowest BCUT2D eigenvalue weighted by Crippen LogP contribution is -2.44. The molecular weight excluding hydrogens is 238 g/mol. The van der Waals surface area contributed by atoms with E-state index in [4.69, 9.17) is 4.74 Å². The number of ether oxygens (including phenoxy) is 1. The number of hydrogen-bond donors (Lipinski definition) is 1. The number of imidazole rings is 1. The minimum Gasteiger partial charge on any atom is -0.375 e.